The summed E-state index contributed by atoms with van der Waals surface area (Å²) in [5.41, 5.74) is 0.394. The first kappa shape index (κ1) is 16.8. The first-order chi connectivity index (χ1) is 11.4. The van der Waals surface area contributed by atoms with Gasteiger partial charge in [-0.1, -0.05) is 60.5 Å². The molecule has 0 radical (unpaired) electrons. The maximum atomic E-state index is 13.1. The van der Waals surface area contributed by atoms with Crippen molar-refractivity contribution < 1.29 is 9.59 Å². The SMILES string of the molecule is CCC1(Cc2ccccc2)NC(=O)N(c2cc(Cl)cc(Cl)c2)C1=O. The van der Waals surface area contributed by atoms with Crippen LogP contribution in [0.4, 0.5) is 10.5 Å². The Morgan fingerprint density at radius 1 is 1.04 bits per heavy atom. The zero-order valence-corrected chi connectivity index (χ0v) is 14.6. The lowest BCUT2D eigenvalue weighted by Gasteiger charge is -2.25. The Bertz CT molecular complexity index is 775. The van der Waals surface area contributed by atoms with Crippen molar-refractivity contribution in [1.29, 1.82) is 0 Å². The van der Waals surface area contributed by atoms with Crippen molar-refractivity contribution in [2.75, 3.05) is 4.90 Å². The molecule has 0 spiro atoms. The molecule has 0 bridgehead atoms. The standard InChI is InChI=1S/C18H16Cl2N2O2/c1-2-18(11-12-6-4-3-5-7-12)16(23)22(17(24)21-18)15-9-13(19)8-14(20)10-15/h3-10H,2,11H2,1H3,(H,21,24). The smallest absolute Gasteiger partial charge is 0.322 e. The van der Waals surface area contributed by atoms with Gasteiger partial charge in [0.1, 0.15) is 5.54 Å². The van der Waals surface area contributed by atoms with E-state index in [1.165, 1.54) is 0 Å². The minimum absolute atomic E-state index is 0.294. The number of hydrogen-bond donors (Lipinski definition) is 1. The van der Waals surface area contributed by atoms with Crippen LogP contribution in [-0.4, -0.2) is 17.5 Å². The number of carbonyl (C=O) groups is 2. The molecule has 2 aromatic carbocycles. The highest BCUT2D eigenvalue weighted by atomic mass is 35.5. The van der Waals surface area contributed by atoms with Crippen molar-refractivity contribution in [2.24, 2.45) is 0 Å². The van der Waals surface area contributed by atoms with E-state index in [0.717, 1.165) is 10.5 Å². The molecule has 24 heavy (non-hydrogen) atoms. The number of amides is 3. The molecule has 2 aromatic rings. The number of benzene rings is 2. The Labute approximate surface area is 150 Å². The Morgan fingerprint density at radius 2 is 1.67 bits per heavy atom. The lowest BCUT2D eigenvalue weighted by atomic mass is 9.88. The predicted octanol–water partition coefficient (Wildman–Crippen LogP) is 4.44. The van der Waals surface area contributed by atoms with E-state index in [1.54, 1.807) is 18.2 Å². The summed E-state index contributed by atoms with van der Waals surface area (Å²) in [6.07, 6.45) is 0.914. The van der Waals surface area contributed by atoms with Gasteiger partial charge in [0, 0.05) is 16.5 Å². The summed E-state index contributed by atoms with van der Waals surface area (Å²) in [5.74, 6) is -0.294. The van der Waals surface area contributed by atoms with Crippen LogP contribution in [0.25, 0.3) is 0 Å². The van der Waals surface area contributed by atoms with E-state index in [0.29, 0.717) is 28.6 Å². The highest BCUT2D eigenvalue weighted by Crippen LogP contribution is 2.33. The molecule has 1 fully saturated rings. The second kappa shape index (κ2) is 6.46. The third kappa shape index (κ3) is 2.99. The maximum absolute atomic E-state index is 13.1. The summed E-state index contributed by atoms with van der Waals surface area (Å²) in [5, 5.41) is 3.60. The molecule has 1 atom stereocenters. The van der Waals surface area contributed by atoms with Gasteiger partial charge < -0.3 is 5.32 Å². The quantitative estimate of drug-likeness (QED) is 0.817. The van der Waals surface area contributed by atoms with Crippen molar-refractivity contribution in [3.8, 4) is 0 Å². The summed E-state index contributed by atoms with van der Waals surface area (Å²) < 4.78 is 0. The van der Waals surface area contributed by atoms with Crippen LogP contribution in [0.3, 0.4) is 0 Å². The van der Waals surface area contributed by atoms with E-state index in [4.69, 9.17) is 23.2 Å². The zero-order chi connectivity index (χ0) is 17.3. The number of urea groups is 1. The number of halogens is 2. The minimum atomic E-state index is -0.965. The van der Waals surface area contributed by atoms with Crippen molar-refractivity contribution in [3.05, 3.63) is 64.1 Å². The summed E-state index contributed by atoms with van der Waals surface area (Å²) in [4.78, 5) is 26.6. The van der Waals surface area contributed by atoms with Crippen molar-refractivity contribution in [3.63, 3.8) is 0 Å². The molecule has 3 amide bonds. The average Bonchev–Trinajstić information content (AvgIpc) is 2.78. The van der Waals surface area contributed by atoms with Gasteiger partial charge in [0.05, 0.1) is 5.69 Å². The lowest BCUT2D eigenvalue weighted by Crippen LogP contribution is -2.48. The molecule has 0 aromatic heterocycles. The van der Waals surface area contributed by atoms with Crippen LogP contribution in [0, 0.1) is 0 Å². The van der Waals surface area contributed by atoms with Crippen LogP contribution >= 0.6 is 23.2 Å². The number of carbonyl (C=O) groups excluding carboxylic acids is 2. The summed E-state index contributed by atoms with van der Waals surface area (Å²) in [7, 11) is 0. The van der Waals surface area contributed by atoms with Gasteiger partial charge in [-0.2, -0.15) is 0 Å². The topological polar surface area (TPSA) is 49.4 Å². The van der Waals surface area contributed by atoms with Gasteiger partial charge in [-0.3, -0.25) is 4.79 Å². The first-order valence-electron chi connectivity index (χ1n) is 7.62. The molecule has 1 N–H and O–H groups in total. The van der Waals surface area contributed by atoms with E-state index in [1.807, 2.05) is 37.3 Å². The van der Waals surface area contributed by atoms with Crippen molar-refractivity contribution in [1.82, 2.24) is 5.32 Å². The van der Waals surface area contributed by atoms with Crippen LogP contribution < -0.4 is 10.2 Å². The van der Waals surface area contributed by atoms with Crippen LogP contribution in [-0.2, 0) is 11.2 Å². The number of anilines is 1. The van der Waals surface area contributed by atoms with E-state index in [9.17, 15) is 9.59 Å². The largest absolute Gasteiger partial charge is 0.329 e. The molecule has 3 rings (SSSR count). The molecule has 0 aliphatic carbocycles. The molecular weight excluding hydrogens is 347 g/mol. The van der Waals surface area contributed by atoms with Crippen LogP contribution in [0.1, 0.15) is 18.9 Å². The van der Waals surface area contributed by atoms with Gasteiger partial charge in [-0.05, 0) is 30.2 Å². The molecule has 1 heterocycles. The molecule has 1 unspecified atom stereocenters. The fraction of sp³-hybridized carbons (Fsp3) is 0.222. The first-order valence-corrected chi connectivity index (χ1v) is 8.37. The number of nitrogens with one attached hydrogen (secondary N) is 1. The van der Waals surface area contributed by atoms with Gasteiger partial charge in [-0.25, -0.2) is 9.69 Å². The Kier molecular flexibility index (Phi) is 4.52. The van der Waals surface area contributed by atoms with E-state index >= 15 is 0 Å². The highest BCUT2D eigenvalue weighted by molar-refractivity contribution is 6.35. The van der Waals surface area contributed by atoms with Crippen LogP contribution in [0.2, 0.25) is 10.0 Å². The third-order valence-electron chi connectivity index (χ3n) is 4.22. The second-order valence-electron chi connectivity index (χ2n) is 5.80. The average molecular weight is 363 g/mol. The number of hydrogen-bond acceptors (Lipinski definition) is 2. The molecule has 4 nitrogen and oxygen atoms in total. The second-order valence-corrected chi connectivity index (χ2v) is 6.67. The lowest BCUT2D eigenvalue weighted by molar-refractivity contribution is -0.122. The highest BCUT2D eigenvalue weighted by Gasteiger charge is 2.50. The third-order valence-corrected chi connectivity index (χ3v) is 4.66. The van der Waals surface area contributed by atoms with Crippen molar-refractivity contribution >= 4 is 40.8 Å². The molecule has 1 aliphatic heterocycles. The predicted molar refractivity (Wildman–Crippen MR) is 95.6 cm³/mol. The fourth-order valence-corrected chi connectivity index (χ4v) is 3.47. The van der Waals surface area contributed by atoms with Gasteiger partial charge in [0.25, 0.3) is 5.91 Å². The Morgan fingerprint density at radius 3 is 2.25 bits per heavy atom. The van der Waals surface area contributed by atoms with E-state index in [-0.39, 0.29) is 5.91 Å². The van der Waals surface area contributed by atoms with Crippen LogP contribution in [0.5, 0.6) is 0 Å². The minimum Gasteiger partial charge on any atom is -0.322 e. The van der Waals surface area contributed by atoms with E-state index in [2.05, 4.69) is 5.32 Å². The Balaban J connectivity index is 1.97. The van der Waals surface area contributed by atoms with Crippen molar-refractivity contribution in [2.45, 2.75) is 25.3 Å². The molecule has 6 heteroatoms. The fourth-order valence-electron chi connectivity index (χ4n) is 2.95. The van der Waals surface area contributed by atoms with E-state index < -0.39 is 11.6 Å². The molecule has 1 aliphatic rings. The van der Waals surface area contributed by atoms with Gasteiger partial charge in [0.15, 0.2) is 0 Å². The summed E-state index contributed by atoms with van der Waals surface area (Å²) in [6, 6.07) is 13.8. The zero-order valence-electron chi connectivity index (χ0n) is 13.1. The van der Waals surface area contributed by atoms with Gasteiger partial charge in [0.2, 0.25) is 0 Å². The van der Waals surface area contributed by atoms with Gasteiger partial charge in [-0.15, -0.1) is 0 Å². The molecular formula is C18H16Cl2N2O2. The monoisotopic (exact) mass is 362 g/mol. The Hall–Kier alpha value is -2.04. The van der Waals surface area contributed by atoms with Crippen LogP contribution in [0.15, 0.2) is 48.5 Å². The molecule has 0 saturated carbocycles. The summed E-state index contributed by atoms with van der Waals surface area (Å²) in [6.45, 7) is 1.88. The normalized spacial score (nSPS) is 20.4. The molecule has 1 saturated heterocycles. The summed E-state index contributed by atoms with van der Waals surface area (Å²) >= 11 is 12.0. The van der Waals surface area contributed by atoms with Gasteiger partial charge >= 0.3 is 6.03 Å². The molecule has 124 valence electrons. The maximum Gasteiger partial charge on any atom is 0.329 e. The number of imide groups is 1. The number of rotatable bonds is 4. The number of nitrogens with zero attached hydrogens (tertiary/aromatic N) is 1.